The fourth-order valence-corrected chi connectivity index (χ4v) is 6.47. The lowest BCUT2D eigenvalue weighted by atomic mass is 9.67. The number of benzene rings is 3. The van der Waals surface area contributed by atoms with E-state index in [1.165, 1.54) is 41.3 Å². The first-order chi connectivity index (χ1) is 18.2. The molecule has 2 bridgehead atoms. The Bertz CT molecular complexity index is 1520. The topological polar surface area (TPSA) is 142 Å². The minimum Gasteiger partial charge on any atom is -0.493 e. The molecule has 3 aromatic rings. The highest BCUT2D eigenvalue weighted by molar-refractivity contribution is 6.26. The Hall–Kier alpha value is -4.38. The van der Waals surface area contributed by atoms with Gasteiger partial charge in [-0.05, 0) is 44.0 Å². The van der Waals surface area contributed by atoms with Crippen LogP contribution in [0.5, 0.6) is 5.75 Å². The Morgan fingerprint density at radius 1 is 0.921 bits per heavy atom. The zero-order valence-electron chi connectivity index (χ0n) is 20.4. The lowest BCUT2D eigenvalue weighted by Crippen LogP contribution is -2.43. The Balaban J connectivity index is 1.30. The summed E-state index contributed by atoms with van der Waals surface area (Å²) in [6, 6.07) is 15.2. The number of ether oxygens (including phenoxy) is 2. The molecule has 0 saturated carbocycles. The Morgan fingerprint density at radius 3 is 2.29 bits per heavy atom. The molecule has 3 aliphatic rings. The van der Waals surface area contributed by atoms with Crippen LogP contribution in [0.4, 0.5) is 17.1 Å². The molecule has 3 aliphatic heterocycles. The summed E-state index contributed by atoms with van der Waals surface area (Å²) in [5.41, 5.74) is -1.51. The summed E-state index contributed by atoms with van der Waals surface area (Å²) in [7, 11) is 0. The van der Waals surface area contributed by atoms with Crippen molar-refractivity contribution in [1.29, 1.82) is 0 Å². The van der Waals surface area contributed by atoms with Gasteiger partial charge >= 0.3 is 0 Å². The first-order valence-corrected chi connectivity index (χ1v) is 12.3. The summed E-state index contributed by atoms with van der Waals surface area (Å²) in [6.07, 6.45) is 1.55. The van der Waals surface area contributed by atoms with Crippen LogP contribution in [0.3, 0.4) is 0 Å². The molecule has 0 aromatic heterocycles. The number of fused-ring (bicyclic) bond motifs is 6. The highest BCUT2D eigenvalue weighted by Gasteiger charge is 2.73. The molecule has 11 nitrogen and oxygen atoms in total. The number of hydrogen-bond donors (Lipinski definition) is 0. The standard InChI is InChI=1S/C27H23N3O8/c1-26-12-13-27(38-26,14-15-37-17-8-6-16(7-9-17)29(33)34)23-22(26)24(31)28(25(23)32)20-10-11-21(30(35)36)19-5-3-2-4-18(19)20/h2-11,22-23H,12-15H2,1H3. The van der Waals surface area contributed by atoms with E-state index in [0.717, 1.165) is 0 Å². The van der Waals surface area contributed by atoms with Crippen molar-refractivity contribution in [1.82, 2.24) is 0 Å². The van der Waals surface area contributed by atoms with E-state index in [9.17, 15) is 29.8 Å². The number of hydrogen-bond acceptors (Lipinski definition) is 8. The van der Waals surface area contributed by atoms with Crippen LogP contribution in [0.1, 0.15) is 26.2 Å². The summed E-state index contributed by atoms with van der Waals surface area (Å²) in [6.45, 7) is 2.05. The van der Waals surface area contributed by atoms with E-state index in [1.54, 1.807) is 24.3 Å². The van der Waals surface area contributed by atoms with Gasteiger partial charge in [0.05, 0.1) is 50.6 Å². The number of rotatable bonds is 7. The molecule has 0 spiro atoms. The third-order valence-corrected chi connectivity index (χ3v) is 8.17. The van der Waals surface area contributed by atoms with Crippen molar-refractivity contribution >= 4 is 39.6 Å². The predicted octanol–water partition coefficient (Wildman–Crippen LogP) is 4.55. The second-order valence-electron chi connectivity index (χ2n) is 10.2. The van der Waals surface area contributed by atoms with Gasteiger partial charge in [-0.15, -0.1) is 0 Å². The van der Waals surface area contributed by atoms with Gasteiger partial charge in [0, 0.05) is 30.0 Å². The van der Waals surface area contributed by atoms with Gasteiger partial charge in [-0.1, -0.05) is 18.2 Å². The number of non-ortho nitro benzene ring substituents is 2. The van der Waals surface area contributed by atoms with Crippen LogP contribution < -0.4 is 9.64 Å². The molecule has 2 amide bonds. The molecule has 11 heteroatoms. The van der Waals surface area contributed by atoms with Crippen molar-refractivity contribution in [2.24, 2.45) is 11.8 Å². The quantitative estimate of drug-likeness (QED) is 0.252. The molecule has 3 heterocycles. The minimum absolute atomic E-state index is 0.0432. The first-order valence-electron chi connectivity index (χ1n) is 12.3. The number of nitro groups is 2. The fraction of sp³-hybridized carbons (Fsp3) is 0.333. The van der Waals surface area contributed by atoms with E-state index in [2.05, 4.69) is 0 Å². The summed E-state index contributed by atoms with van der Waals surface area (Å²) in [5, 5.41) is 23.3. The van der Waals surface area contributed by atoms with Crippen LogP contribution in [0, 0.1) is 32.1 Å². The number of amides is 2. The van der Waals surface area contributed by atoms with E-state index in [1.807, 2.05) is 6.92 Å². The van der Waals surface area contributed by atoms with Gasteiger partial charge in [0.15, 0.2) is 0 Å². The summed E-state index contributed by atoms with van der Waals surface area (Å²) in [4.78, 5) is 50.4. The van der Waals surface area contributed by atoms with Crippen LogP contribution in [0.15, 0.2) is 60.7 Å². The van der Waals surface area contributed by atoms with Crippen LogP contribution in [0.25, 0.3) is 10.8 Å². The molecule has 194 valence electrons. The fourth-order valence-electron chi connectivity index (χ4n) is 6.47. The maximum Gasteiger partial charge on any atom is 0.277 e. The van der Waals surface area contributed by atoms with E-state index >= 15 is 0 Å². The number of nitro benzene ring substituents is 2. The molecule has 4 atom stereocenters. The lowest BCUT2D eigenvalue weighted by molar-refractivity contribution is -0.384. The normalized spacial score (nSPS) is 27.7. The molecule has 3 fully saturated rings. The summed E-state index contributed by atoms with van der Waals surface area (Å²) in [5.74, 6) is -1.66. The average molecular weight is 517 g/mol. The molecule has 0 aliphatic carbocycles. The molecule has 3 aromatic carbocycles. The number of imide groups is 1. The number of anilines is 1. The van der Waals surface area contributed by atoms with Crippen LogP contribution >= 0.6 is 0 Å². The van der Waals surface area contributed by atoms with Crippen LogP contribution in [-0.2, 0) is 14.3 Å². The third-order valence-electron chi connectivity index (χ3n) is 8.17. The van der Waals surface area contributed by atoms with Crippen molar-refractivity contribution < 1.29 is 28.9 Å². The van der Waals surface area contributed by atoms with E-state index in [4.69, 9.17) is 9.47 Å². The smallest absolute Gasteiger partial charge is 0.277 e. The zero-order chi connectivity index (χ0) is 26.8. The van der Waals surface area contributed by atoms with E-state index in [-0.39, 0.29) is 29.8 Å². The number of carbonyl (C=O) groups is 2. The van der Waals surface area contributed by atoms with Crippen molar-refractivity contribution in [3.05, 3.63) is 80.9 Å². The van der Waals surface area contributed by atoms with Gasteiger partial charge in [-0.2, -0.15) is 0 Å². The second kappa shape index (κ2) is 8.32. The third kappa shape index (κ3) is 3.38. The van der Waals surface area contributed by atoms with Gasteiger partial charge in [-0.25, -0.2) is 4.90 Å². The van der Waals surface area contributed by atoms with Crippen molar-refractivity contribution in [3.63, 3.8) is 0 Å². The zero-order valence-corrected chi connectivity index (χ0v) is 20.4. The van der Waals surface area contributed by atoms with E-state index < -0.39 is 32.9 Å². The lowest BCUT2D eigenvalue weighted by Gasteiger charge is -2.31. The van der Waals surface area contributed by atoms with Gasteiger partial charge in [0.1, 0.15) is 5.75 Å². The SMILES string of the molecule is CC12CCC(CCOc3ccc([N+](=O)[O-])cc3)(O1)C1C(=O)N(c3ccc([N+](=O)[O-])c4ccccc34)C(=O)C12. The summed E-state index contributed by atoms with van der Waals surface area (Å²) >= 11 is 0. The maximum atomic E-state index is 13.9. The van der Waals surface area contributed by atoms with Gasteiger partial charge in [0.2, 0.25) is 11.8 Å². The van der Waals surface area contributed by atoms with Gasteiger partial charge < -0.3 is 9.47 Å². The van der Waals surface area contributed by atoms with Crippen molar-refractivity contribution in [3.8, 4) is 5.75 Å². The predicted molar refractivity (Wildman–Crippen MR) is 135 cm³/mol. The first kappa shape index (κ1) is 24.0. The summed E-state index contributed by atoms with van der Waals surface area (Å²) < 4.78 is 12.3. The molecule has 0 radical (unpaired) electrons. The number of nitrogens with zero attached hydrogens (tertiary/aromatic N) is 3. The highest BCUT2D eigenvalue weighted by Crippen LogP contribution is 2.62. The monoisotopic (exact) mass is 517 g/mol. The average Bonchev–Trinajstić information content (AvgIpc) is 3.48. The molecular weight excluding hydrogens is 494 g/mol. The number of carbonyl (C=O) groups excluding carboxylic acids is 2. The largest absolute Gasteiger partial charge is 0.493 e. The molecule has 4 unspecified atom stereocenters. The second-order valence-corrected chi connectivity index (χ2v) is 10.2. The van der Waals surface area contributed by atoms with Crippen LogP contribution in [-0.4, -0.2) is 39.5 Å². The van der Waals surface area contributed by atoms with Gasteiger partial charge in [0.25, 0.3) is 11.4 Å². The Morgan fingerprint density at radius 2 is 1.61 bits per heavy atom. The highest BCUT2D eigenvalue weighted by atomic mass is 16.6. The molecule has 6 rings (SSSR count). The Labute approximate surface area is 216 Å². The maximum absolute atomic E-state index is 13.9. The van der Waals surface area contributed by atoms with E-state index in [0.29, 0.717) is 41.5 Å². The Kier molecular flexibility index (Phi) is 5.25. The van der Waals surface area contributed by atoms with Gasteiger partial charge in [-0.3, -0.25) is 29.8 Å². The molecular formula is C27H23N3O8. The molecule has 3 saturated heterocycles. The van der Waals surface area contributed by atoms with Crippen LogP contribution in [0.2, 0.25) is 0 Å². The molecule has 38 heavy (non-hydrogen) atoms. The van der Waals surface area contributed by atoms with Crippen molar-refractivity contribution in [2.45, 2.75) is 37.4 Å². The molecule has 0 N–H and O–H groups in total. The minimum atomic E-state index is -0.891. The van der Waals surface area contributed by atoms with Crippen molar-refractivity contribution in [2.75, 3.05) is 11.5 Å².